The van der Waals surface area contributed by atoms with Gasteiger partial charge in [-0.05, 0) is 63.0 Å². The maximum atomic E-state index is 12.3. The molecule has 188 valence electrons. The maximum absolute atomic E-state index is 12.3. The second kappa shape index (κ2) is 12.1. The molecule has 4 rings (SSSR count). The third-order valence-electron chi connectivity index (χ3n) is 5.47. The summed E-state index contributed by atoms with van der Waals surface area (Å²) in [7, 11) is 0. The third kappa shape index (κ3) is 6.71. The Balaban J connectivity index is 1.44. The highest BCUT2D eigenvalue weighted by molar-refractivity contribution is 9.10. The van der Waals surface area contributed by atoms with Gasteiger partial charge in [-0.3, -0.25) is 14.9 Å². The van der Waals surface area contributed by atoms with Gasteiger partial charge in [0.25, 0.3) is 5.69 Å². The Labute approximate surface area is 222 Å². The van der Waals surface area contributed by atoms with E-state index in [4.69, 9.17) is 9.47 Å². The summed E-state index contributed by atoms with van der Waals surface area (Å²) in [5.41, 5.74) is 4.32. The number of nitrogens with one attached hydrogen (secondary N) is 1. The fourth-order valence-corrected chi connectivity index (χ4v) is 4.35. The predicted octanol–water partition coefficient (Wildman–Crippen LogP) is 6.18. The highest BCUT2D eigenvalue weighted by Crippen LogP contribution is 2.37. The second-order valence-electron chi connectivity index (χ2n) is 8.09. The molecule has 0 unspecified atom stereocenters. The molecule has 8 nitrogen and oxygen atoms in total. The van der Waals surface area contributed by atoms with E-state index in [9.17, 15) is 14.9 Å². The van der Waals surface area contributed by atoms with E-state index >= 15 is 0 Å². The minimum atomic E-state index is -0.512. The molecule has 4 aromatic carbocycles. The van der Waals surface area contributed by atoms with Gasteiger partial charge in [0.2, 0.25) is 5.91 Å². The van der Waals surface area contributed by atoms with Crippen LogP contribution in [-0.2, 0) is 17.8 Å². The topological polar surface area (TPSA) is 103 Å². The molecule has 0 aromatic heterocycles. The lowest BCUT2D eigenvalue weighted by atomic mass is 10.1. The first-order valence-electron chi connectivity index (χ1n) is 11.6. The Kier molecular flexibility index (Phi) is 8.48. The molecular formula is C28H24BrN3O5. The van der Waals surface area contributed by atoms with Crippen molar-refractivity contribution in [2.24, 2.45) is 5.10 Å². The Bertz CT molecular complexity index is 1470. The SMILES string of the molecule is CCOc1cc(/C=N/NC(=O)Cc2ccccc2[N+](=O)[O-])cc(Br)c1OCc1ccc2ccccc2c1. The van der Waals surface area contributed by atoms with E-state index in [-0.39, 0.29) is 12.1 Å². The number of carbonyl (C=O) groups is 1. The summed E-state index contributed by atoms with van der Waals surface area (Å²) in [6, 6.07) is 24.0. The number of carbonyl (C=O) groups excluding carboxylic acids is 1. The van der Waals surface area contributed by atoms with Gasteiger partial charge >= 0.3 is 0 Å². The molecule has 37 heavy (non-hydrogen) atoms. The van der Waals surface area contributed by atoms with Crippen LogP contribution < -0.4 is 14.9 Å². The molecule has 0 aliphatic carbocycles. The second-order valence-corrected chi connectivity index (χ2v) is 8.94. The van der Waals surface area contributed by atoms with Crippen molar-refractivity contribution in [3.63, 3.8) is 0 Å². The van der Waals surface area contributed by atoms with Crippen LogP contribution in [0.3, 0.4) is 0 Å². The van der Waals surface area contributed by atoms with E-state index in [1.54, 1.807) is 30.3 Å². The molecule has 4 aromatic rings. The number of ether oxygens (including phenoxy) is 2. The molecule has 0 bridgehead atoms. The summed E-state index contributed by atoms with van der Waals surface area (Å²) in [6.07, 6.45) is 1.31. The number of para-hydroxylation sites is 1. The van der Waals surface area contributed by atoms with Crippen molar-refractivity contribution in [2.75, 3.05) is 6.61 Å². The lowest BCUT2D eigenvalue weighted by molar-refractivity contribution is -0.385. The summed E-state index contributed by atoms with van der Waals surface area (Å²) in [5.74, 6) is 0.628. The third-order valence-corrected chi connectivity index (χ3v) is 6.06. The van der Waals surface area contributed by atoms with Crippen LogP contribution in [0.1, 0.15) is 23.6 Å². The Morgan fingerprint density at radius 2 is 1.78 bits per heavy atom. The van der Waals surface area contributed by atoms with E-state index in [1.165, 1.54) is 17.7 Å². The van der Waals surface area contributed by atoms with Crippen LogP contribution in [0, 0.1) is 10.1 Å². The van der Waals surface area contributed by atoms with Crippen molar-refractivity contribution in [1.29, 1.82) is 0 Å². The Morgan fingerprint density at radius 1 is 1.03 bits per heavy atom. The molecule has 1 N–H and O–H groups in total. The van der Waals surface area contributed by atoms with Gasteiger partial charge in [-0.15, -0.1) is 0 Å². The van der Waals surface area contributed by atoms with E-state index in [0.29, 0.717) is 40.3 Å². The first-order valence-corrected chi connectivity index (χ1v) is 12.3. The summed E-state index contributed by atoms with van der Waals surface area (Å²) in [4.78, 5) is 22.9. The number of hydrogen-bond donors (Lipinski definition) is 1. The molecule has 0 aliphatic rings. The molecule has 0 atom stereocenters. The van der Waals surface area contributed by atoms with Crippen molar-refractivity contribution >= 4 is 44.5 Å². The van der Waals surface area contributed by atoms with E-state index < -0.39 is 10.8 Å². The van der Waals surface area contributed by atoms with Gasteiger partial charge in [0.1, 0.15) is 6.61 Å². The van der Waals surface area contributed by atoms with Gasteiger partial charge in [0.15, 0.2) is 11.5 Å². The van der Waals surface area contributed by atoms with Crippen molar-refractivity contribution < 1.29 is 19.2 Å². The molecule has 0 heterocycles. The molecule has 0 saturated carbocycles. The van der Waals surface area contributed by atoms with Crippen molar-refractivity contribution in [2.45, 2.75) is 20.0 Å². The molecule has 0 fully saturated rings. The number of nitro benzene ring substituents is 1. The lowest BCUT2D eigenvalue weighted by Gasteiger charge is -2.15. The van der Waals surface area contributed by atoms with Gasteiger partial charge in [0.05, 0.1) is 28.6 Å². The van der Waals surface area contributed by atoms with Gasteiger partial charge in [-0.25, -0.2) is 5.43 Å². The smallest absolute Gasteiger partial charge is 0.273 e. The van der Waals surface area contributed by atoms with Crippen molar-refractivity contribution in [3.8, 4) is 11.5 Å². The van der Waals surface area contributed by atoms with Crippen LogP contribution in [0.5, 0.6) is 11.5 Å². The zero-order valence-electron chi connectivity index (χ0n) is 20.0. The van der Waals surface area contributed by atoms with Gasteiger partial charge in [-0.2, -0.15) is 5.10 Å². The number of halogens is 1. The number of hydrogen-bond acceptors (Lipinski definition) is 6. The molecule has 0 spiro atoms. The Morgan fingerprint density at radius 3 is 2.57 bits per heavy atom. The van der Waals surface area contributed by atoms with E-state index in [2.05, 4.69) is 50.7 Å². The van der Waals surface area contributed by atoms with Crippen LogP contribution in [0.25, 0.3) is 10.8 Å². The average Bonchev–Trinajstić information content (AvgIpc) is 2.88. The van der Waals surface area contributed by atoms with Gasteiger partial charge in [-0.1, -0.05) is 54.6 Å². The van der Waals surface area contributed by atoms with Crippen LogP contribution >= 0.6 is 15.9 Å². The minimum Gasteiger partial charge on any atom is -0.490 e. The first kappa shape index (κ1) is 25.8. The molecule has 1 amide bonds. The van der Waals surface area contributed by atoms with Gasteiger partial charge < -0.3 is 9.47 Å². The molecule has 0 radical (unpaired) electrons. The van der Waals surface area contributed by atoms with Crippen molar-refractivity contribution in [1.82, 2.24) is 5.43 Å². The first-order chi connectivity index (χ1) is 17.9. The van der Waals surface area contributed by atoms with Crippen LogP contribution in [-0.4, -0.2) is 23.7 Å². The zero-order chi connectivity index (χ0) is 26.2. The standard InChI is InChI=1S/C28H24BrN3O5/c1-2-36-26-15-20(17-30-31-27(33)16-23-9-5-6-10-25(23)32(34)35)14-24(29)28(26)37-18-19-11-12-21-7-3-4-8-22(21)13-19/h3-15,17H,2,16,18H2,1H3,(H,31,33)/b30-17+. The quantitative estimate of drug-likeness (QED) is 0.141. The Hall–Kier alpha value is -4.24. The summed E-state index contributed by atoms with van der Waals surface area (Å²) in [6.45, 7) is 2.68. The highest BCUT2D eigenvalue weighted by atomic mass is 79.9. The van der Waals surface area contributed by atoms with Crippen molar-refractivity contribution in [3.05, 3.63) is 110 Å². The number of amides is 1. The number of rotatable bonds is 10. The number of fused-ring (bicyclic) bond motifs is 1. The number of benzene rings is 4. The fourth-order valence-electron chi connectivity index (χ4n) is 3.78. The normalized spacial score (nSPS) is 11.0. The van der Waals surface area contributed by atoms with Crippen LogP contribution in [0.4, 0.5) is 5.69 Å². The largest absolute Gasteiger partial charge is 0.490 e. The molecule has 9 heteroatoms. The summed E-state index contributed by atoms with van der Waals surface area (Å²) >= 11 is 3.55. The lowest BCUT2D eigenvalue weighted by Crippen LogP contribution is -2.20. The zero-order valence-corrected chi connectivity index (χ0v) is 21.6. The summed E-state index contributed by atoms with van der Waals surface area (Å²) in [5, 5.41) is 17.4. The predicted molar refractivity (Wildman–Crippen MR) is 146 cm³/mol. The summed E-state index contributed by atoms with van der Waals surface area (Å²) < 4.78 is 12.6. The van der Waals surface area contributed by atoms with E-state index in [1.807, 2.05) is 25.1 Å². The number of nitro groups is 1. The highest BCUT2D eigenvalue weighted by Gasteiger charge is 2.15. The van der Waals surface area contributed by atoms with Crippen LogP contribution in [0.2, 0.25) is 0 Å². The maximum Gasteiger partial charge on any atom is 0.273 e. The van der Waals surface area contributed by atoms with Gasteiger partial charge in [0, 0.05) is 11.6 Å². The number of nitrogens with zero attached hydrogens (tertiary/aromatic N) is 2. The van der Waals surface area contributed by atoms with E-state index in [0.717, 1.165) is 10.9 Å². The molecule has 0 saturated heterocycles. The molecular weight excluding hydrogens is 538 g/mol. The van der Waals surface area contributed by atoms with Crippen LogP contribution in [0.15, 0.2) is 88.4 Å². The minimum absolute atomic E-state index is 0.105. The average molecular weight is 562 g/mol. The number of hydrazone groups is 1. The fraction of sp³-hybridized carbons (Fsp3) is 0.143. The monoisotopic (exact) mass is 561 g/mol. The molecule has 0 aliphatic heterocycles.